The van der Waals surface area contributed by atoms with Crippen LogP contribution in [-0.4, -0.2) is 41.8 Å². The number of amides is 1. The van der Waals surface area contributed by atoms with Crippen LogP contribution in [-0.2, 0) is 4.74 Å². The molecule has 3 atom stereocenters. The number of nitrogens with one attached hydrogen (secondary N) is 1. The zero-order chi connectivity index (χ0) is 11.2. The smallest absolute Gasteiger partial charge is 0.410 e. The number of rotatable bonds is 0. The van der Waals surface area contributed by atoms with Gasteiger partial charge in [-0.05, 0) is 26.7 Å². The fraction of sp³-hybridized carbons (Fsp3) is 0.909. The molecule has 1 unspecified atom stereocenters. The summed E-state index contributed by atoms with van der Waals surface area (Å²) in [6.45, 7) is 9.61. The van der Waals surface area contributed by atoms with Crippen LogP contribution in [0, 0.1) is 5.92 Å². The van der Waals surface area contributed by atoms with Crippen LogP contribution in [0.2, 0.25) is 0 Å². The van der Waals surface area contributed by atoms with Crippen molar-refractivity contribution in [3.05, 3.63) is 0 Å². The third-order valence-electron chi connectivity index (χ3n) is 3.25. The molecule has 4 nitrogen and oxygen atoms in total. The minimum atomic E-state index is -0.393. The number of carbonyl (C=O) groups is 1. The summed E-state index contributed by atoms with van der Waals surface area (Å²) >= 11 is 0. The molecule has 0 aromatic rings. The monoisotopic (exact) mass is 212 g/mol. The average Bonchev–Trinajstić information content (AvgIpc) is 2.59. The molecule has 86 valence electrons. The summed E-state index contributed by atoms with van der Waals surface area (Å²) in [5, 5.41) is 3.40. The topological polar surface area (TPSA) is 41.6 Å². The molecule has 0 aromatic carbocycles. The van der Waals surface area contributed by atoms with E-state index < -0.39 is 5.60 Å². The van der Waals surface area contributed by atoms with E-state index in [1.54, 1.807) is 0 Å². The van der Waals surface area contributed by atoms with Gasteiger partial charge >= 0.3 is 6.09 Å². The van der Waals surface area contributed by atoms with Crippen LogP contribution in [0.5, 0.6) is 0 Å². The second-order valence-electron chi connectivity index (χ2n) is 5.57. The predicted octanol–water partition coefficient (Wildman–Crippen LogP) is 1.21. The number of carbonyl (C=O) groups excluding carboxylic acids is 1. The predicted molar refractivity (Wildman–Crippen MR) is 57.7 cm³/mol. The van der Waals surface area contributed by atoms with Gasteiger partial charge in [0.25, 0.3) is 0 Å². The summed E-state index contributed by atoms with van der Waals surface area (Å²) in [6.07, 6.45) is -0.164. The molecule has 2 aliphatic heterocycles. The highest BCUT2D eigenvalue weighted by atomic mass is 16.6. The van der Waals surface area contributed by atoms with Gasteiger partial charge in [0.2, 0.25) is 0 Å². The van der Waals surface area contributed by atoms with Crippen LogP contribution in [0.25, 0.3) is 0 Å². The summed E-state index contributed by atoms with van der Waals surface area (Å²) in [6, 6.07) is 0.785. The Kier molecular flexibility index (Phi) is 2.41. The summed E-state index contributed by atoms with van der Waals surface area (Å²) < 4.78 is 5.38. The van der Waals surface area contributed by atoms with Crippen LogP contribution in [0.4, 0.5) is 4.79 Å². The van der Waals surface area contributed by atoms with Crippen molar-refractivity contribution in [2.75, 3.05) is 13.1 Å². The first-order valence-corrected chi connectivity index (χ1v) is 5.61. The van der Waals surface area contributed by atoms with E-state index in [1.807, 2.05) is 25.7 Å². The molecule has 4 heteroatoms. The second-order valence-corrected chi connectivity index (χ2v) is 5.57. The van der Waals surface area contributed by atoms with Crippen LogP contribution in [0.15, 0.2) is 0 Å². The van der Waals surface area contributed by atoms with Gasteiger partial charge in [-0.25, -0.2) is 4.79 Å². The minimum Gasteiger partial charge on any atom is -0.444 e. The van der Waals surface area contributed by atoms with Gasteiger partial charge in [-0.1, -0.05) is 6.92 Å². The van der Waals surface area contributed by atoms with Crippen molar-refractivity contribution >= 4 is 6.09 Å². The van der Waals surface area contributed by atoms with Gasteiger partial charge in [0.1, 0.15) is 5.60 Å². The Morgan fingerprint density at radius 1 is 1.47 bits per heavy atom. The molecule has 2 bridgehead atoms. The van der Waals surface area contributed by atoms with Gasteiger partial charge in [0, 0.05) is 19.1 Å². The Labute approximate surface area is 91.0 Å². The molecule has 2 rings (SSSR count). The second kappa shape index (κ2) is 3.37. The molecule has 1 N–H and O–H groups in total. The minimum absolute atomic E-state index is 0.164. The van der Waals surface area contributed by atoms with Gasteiger partial charge in [-0.15, -0.1) is 0 Å². The molecule has 2 aliphatic rings. The maximum atomic E-state index is 11.9. The Morgan fingerprint density at radius 3 is 2.53 bits per heavy atom. The molecule has 0 saturated carbocycles. The fourth-order valence-corrected chi connectivity index (χ4v) is 2.41. The zero-order valence-corrected chi connectivity index (χ0v) is 9.91. The molecule has 1 amide bonds. The highest BCUT2D eigenvalue weighted by Gasteiger charge is 2.47. The zero-order valence-electron chi connectivity index (χ0n) is 9.91. The van der Waals surface area contributed by atoms with Crippen molar-refractivity contribution in [3.8, 4) is 0 Å². The van der Waals surface area contributed by atoms with E-state index in [1.165, 1.54) is 0 Å². The molecule has 2 heterocycles. The number of nitrogens with zero attached hydrogens (tertiary/aromatic N) is 1. The molecular formula is C11H20N2O2. The number of hydrogen-bond donors (Lipinski definition) is 1. The van der Waals surface area contributed by atoms with E-state index in [-0.39, 0.29) is 6.09 Å². The largest absolute Gasteiger partial charge is 0.444 e. The third kappa shape index (κ3) is 1.95. The van der Waals surface area contributed by atoms with E-state index in [0.717, 1.165) is 13.1 Å². The van der Waals surface area contributed by atoms with E-state index in [0.29, 0.717) is 18.0 Å². The number of piperazine rings is 1. The molecule has 2 saturated heterocycles. The van der Waals surface area contributed by atoms with Crippen LogP contribution in [0.3, 0.4) is 0 Å². The normalized spacial score (nSPS) is 34.7. The van der Waals surface area contributed by atoms with Gasteiger partial charge in [0.05, 0.1) is 6.04 Å². The number of likely N-dealkylation sites (tertiary alicyclic amines) is 1. The van der Waals surface area contributed by atoms with Crippen molar-refractivity contribution in [1.82, 2.24) is 10.2 Å². The van der Waals surface area contributed by atoms with Gasteiger partial charge < -0.3 is 15.0 Å². The number of fused-ring (bicyclic) bond motifs is 2. The lowest BCUT2D eigenvalue weighted by atomic mass is 10.0. The molecule has 15 heavy (non-hydrogen) atoms. The van der Waals surface area contributed by atoms with Crippen molar-refractivity contribution in [2.24, 2.45) is 5.92 Å². The Balaban J connectivity index is 1.99. The average molecular weight is 212 g/mol. The standard InChI is InChI=1S/C11H20N2O2/c1-7-8-6-13(9(7)5-12-8)10(14)15-11(2,3)4/h7-9,12H,5-6H2,1-4H3/t7?,8-,9-/m1/s1. The first-order chi connectivity index (χ1) is 6.88. The summed E-state index contributed by atoms with van der Waals surface area (Å²) in [5.41, 5.74) is -0.393. The summed E-state index contributed by atoms with van der Waals surface area (Å²) in [5.74, 6) is 0.553. The van der Waals surface area contributed by atoms with Crippen molar-refractivity contribution in [3.63, 3.8) is 0 Å². The lowest BCUT2D eigenvalue weighted by Crippen LogP contribution is -2.48. The van der Waals surface area contributed by atoms with Crippen LogP contribution >= 0.6 is 0 Å². The lowest BCUT2D eigenvalue weighted by Gasteiger charge is -2.30. The number of ether oxygens (including phenoxy) is 1. The maximum Gasteiger partial charge on any atom is 0.410 e. The SMILES string of the molecule is CC1[C@H]2CN[C@@H]1CN2C(=O)OC(C)(C)C. The lowest BCUT2D eigenvalue weighted by molar-refractivity contribution is 0.0195. The van der Waals surface area contributed by atoms with E-state index in [4.69, 9.17) is 4.74 Å². The highest BCUT2D eigenvalue weighted by molar-refractivity contribution is 5.69. The van der Waals surface area contributed by atoms with Crippen LogP contribution < -0.4 is 5.32 Å². The maximum absolute atomic E-state index is 11.9. The molecule has 0 radical (unpaired) electrons. The molecule has 2 fully saturated rings. The van der Waals surface area contributed by atoms with E-state index in [9.17, 15) is 4.79 Å². The summed E-state index contributed by atoms with van der Waals surface area (Å²) in [4.78, 5) is 13.7. The first kappa shape index (κ1) is 10.7. The molecule has 0 aromatic heterocycles. The summed E-state index contributed by atoms with van der Waals surface area (Å²) in [7, 11) is 0. The Morgan fingerprint density at radius 2 is 2.13 bits per heavy atom. The number of hydrogen-bond acceptors (Lipinski definition) is 3. The van der Waals surface area contributed by atoms with Crippen LogP contribution in [0.1, 0.15) is 27.7 Å². The fourth-order valence-electron chi connectivity index (χ4n) is 2.41. The first-order valence-electron chi connectivity index (χ1n) is 5.61. The Bertz CT molecular complexity index is 272. The van der Waals surface area contributed by atoms with Gasteiger partial charge in [0.15, 0.2) is 0 Å². The van der Waals surface area contributed by atoms with Crippen molar-refractivity contribution in [2.45, 2.75) is 45.4 Å². The van der Waals surface area contributed by atoms with E-state index in [2.05, 4.69) is 12.2 Å². The van der Waals surface area contributed by atoms with E-state index >= 15 is 0 Å². The molecule has 0 spiro atoms. The molecule has 0 aliphatic carbocycles. The Hall–Kier alpha value is -0.770. The van der Waals surface area contributed by atoms with Gasteiger partial charge in [-0.2, -0.15) is 0 Å². The van der Waals surface area contributed by atoms with Gasteiger partial charge in [-0.3, -0.25) is 0 Å². The van der Waals surface area contributed by atoms with Crippen molar-refractivity contribution in [1.29, 1.82) is 0 Å². The highest BCUT2D eigenvalue weighted by Crippen LogP contribution is 2.30. The molecular weight excluding hydrogens is 192 g/mol. The quantitative estimate of drug-likeness (QED) is 0.656. The van der Waals surface area contributed by atoms with Crippen molar-refractivity contribution < 1.29 is 9.53 Å². The third-order valence-corrected chi connectivity index (χ3v) is 3.25.